The van der Waals surface area contributed by atoms with Crippen LogP contribution in [-0.4, -0.2) is 19.6 Å². The van der Waals surface area contributed by atoms with Crippen LogP contribution >= 0.6 is 0 Å². The summed E-state index contributed by atoms with van der Waals surface area (Å²) in [5, 5.41) is 0. The van der Waals surface area contributed by atoms with Crippen molar-refractivity contribution in [2.45, 2.75) is 33.2 Å². The number of benzene rings is 1. The van der Waals surface area contributed by atoms with Crippen molar-refractivity contribution in [2.75, 3.05) is 18.5 Å². The second kappa shape index (κ2) is 5.17. The van der Waals surface area contributed by atoms with E-state index < -0.39 is 0 Å². The predicted molar refractivity (Wildman–Crippen MR) is 67.5 cm³/mol. The fourth-order valence-corrected chi connectivity index (χ4v) is 1.96. The molecule has 0 aliphatic heterocycles. The second-order valence-electron chi connectivity index (χ2n) is 4.25. The van der Waals surface area contributed by atoms with Gasteiger partial charge in [0, 0.05) is 25.3 Å². The molecule has 0 bridgehead atoms. The van der Waals surface area contributed by atoms with Gasteiger partial charge < -0.3 is 10.6 Å². The maximum Gasteiger partial charge on any atom is 0.0406 e. The summed E-state index contributed by atoms with van der Waals surface area (Å²) < 4.78 is 0. The zero-order valence-electron chi connectivity index (χ0n) is 10.2. The third-order valence-corrected chi connectivity index (χ3v) is 2.90. The largest absolute Gasteiger partial charge is 0.370 e. The summed E-state index contributed by atoms with van der Waals surface area (Å²) in [5.41, 5.74) is 9.64. The summed E-state index contributed by atoms with van der Waals surface area (Å²) in [6.45, 7) is 7.15. The van der Waals surface area contributed by atoms with Gasteiger partial charge in [-0.1, -0.05) is 13.0 Å². The van der Waals surface area contributed by atoms with Crippen LogP contribution in [0.2, 0.25) is 0 Å². The molecule has 0 spiro atoms. The van der Waals surface area contributed by atoms with Gasteiger partial charge in [-0.15, -0.1) is 0 Å². The molecule has 0 radical (unpaired) electrons. The van der Waals surface area contributed by atoms with Gasteiger partial charge in [-0.3, -0.25) is 0 Å². The van der Waals surface area contributed by atoms with Gasteiger partial charge in [0.05, 0.1) is 0 Å². The molecule has 2 nitrogen and oxygen atoms in total. The average Bonchev–Trinajstić information content (AvgIpc) is 2.18. The maximum absolute atomic E-state index is 5.76. The van der Waals surface area contributed by atoms with Gasteiger partial charge in [0.2, 0.25) is 0 Å². The number of anilines is 1. The van der Waals surface area contributed by atoms with E-state index in [1.807, 2.05) is 0 Å². The smallest absolute Gasteiger partial charge is 0.0406 e. The van der Waals surface area contributed by atoms with Gasteiger partial charge in [0.15, 0.2) is 0 Å². The molecule has 2 N–H and O–H groups in total. The molecule has 0 saturated carbocycles. The van der Waals surface area contributed by atoms with Gasteiger partial charge in [-0.2, -0.15) is 0 Å². The van der Waals surface area contributed by atoms with Crippen LogP contribution in [0.4, 0.5) is 5.69 Å². The van der Waals surface area contributed by atoms with E-state index in [1.54, 1.807) is 0 Å². The van der Waals surface area contributed by atoms with E-state index in [9.17, 15) is 0 Å². The first kappa shape index (κ1) is 12.1. The molecule has 0 aliphatic rings. The molecule has 0 aromatic heterocycles. The van der Waals surface area contributed by atoms with Crippen LogP contribution in [0.5, 0.6) is 0 Å². The van der Waals surface area contributed by atoms with Crippen LogP contribution in [0.15, 0.2) is 18.2 Å². The lowest BCUT2D eigenvalue weighted by Gasteiger charge is -2.28. The molecule has 1 aromatic carbocycles. The highest BCUT2D eigenvalue weighted by atomic mass is 15.1. The number of likely N-dealkylation sites (N-methyl/N-ethyl adjacent to an activating group) is 1. The van der Waals surface area contributed by atoms with Crippen LogP contribution in [0.1, 0.15) is 24.5 Å². The molecule has 1 unspecified atom stereocenters. The molecular weight excluding hydrogens is 184 g/mol. The second-order valence-corrected chi connectivity index (χ2v) is 4.25. The molecule has 1 rings (SSSR count). The van der Waals surface area contributed by atoms with Gasteiger partial charge in [-0.05, 0) is 43.5 Å². The van der Waals surface area contributed by atoms with E-state index in [1.165, 1.54) is 16.8 Å². The standard InChI is InChI=1S/C13H22N2/c1-5-12(9-14)15(4)13-7-10(2)6-11(3)8-13/h6-8,12H,5,9,14H2,1-4H3. The fraction of sp³-hybridized carbons (Fsp3) is 0.538. The van der Waals surface area contributed by atoms with Crippen LogP contribution < -0.4 is 10.6 Å². The quantitative estimate of drug-likeness (QED) is 0.820. The molecule has 0 heterocycles. The minimum absolute atomic E-state index is 0.436. The maximum atomic E-state index is 5.76. The lowest BCUT2D eigenvalue weighted by Crippen LogP contribution is -2.37. The highest BCUT2D eigenvalue weighted by Crippen LogP contribution is 2.20. The fourth-order valence-electron chi connectivity index (χ4n) is 1.96. The Morgan fingerprint density at radius 3 is 2.13 bits per heavy atom. The van der Waals surface area contributed by atoms with Gasteiger partial charge in [0.1, 0.15) is 0 Å². The van der Waals surface area contributed by atoms with Crippen molar-refractivity contribution in [1.82, 2.24) is 0 Å². The Hall–Kier alpha value is -1.02. The van der Waals surface area contributed by atoms with E-state index in [-0.39, 0.29) is 0 Å². The summed E-state index contributed by atoms with van der Waals surface area (Å²) in [4.78, 5) is 2.28. The lowest BCUT2D eigenvalue weighted by molar-refractivity contribution is 0.619. The van der Waals surface area contributed by atoms with Crippen molar-refractivity contribution in [3.8, 4) is 0 Å². The Balaban J connectivity index is 2.94. The number of nitrogens with two attached hydrogens (primary N) is 1. The average molecular weight is 206 g/mol. The first-order valence-electron chi connectivity index (χ1n) is 5.59. The Kier molecular flexibility index (Phi) is 4.15. The van der Waals surface area contributed by atoms with E-state index in [4.69, 9.17) is 5.73 Å². The van der Waals surface area contributed by atoms with Crippen molar-refractivity contribution in [1.29, 1.82) is 0 Å². The van der Waals surface area contributed by atoms with Crippen molar-refractivity contribution in [3.05, 3.63) is 29.3 Å². The summed E-state index contributed by atoms with van der Waals surface area (Å²) >= 11 is 0. The lowest BCUT2D eigenvalue weighted by atomic mass is 10.1. The molecule has 0 fully saturated rings. The van der Waals surface area contributed by atoms with Crippen molar-refractivity contribution >= 4 is 5.69 Å². The first-order valence-corrected chi connectivity index (χ1v) is 5.59. The zero-order chi connectivity index (χ0) is 11.4. The van der Waals surface area contributed by atoms with Crippen LogP contribution in [0.3, 0.4) is 0 Å². The number of hydrogen-bond acceptors (Lipinski definition) is 2. The summed E-state index contributed by atoms with van der Waals surface area (Å²) in [6.07, 6.45) is 1.08. The minimum Gasteiger partial charge on any atom is -0.370 e. The highest BCUT2D eigenvalue weighted by Gasteiger charge is 2.11. The van der Waals surface area contributed by atoms with Crippen LogP contribution in [0.25, 0.3) is 0 Å². The number of nitrogens with zero attached hydrogens (tertiary/aromatic N) is 1. The van der Waals surface area contributed by atoms with Gasteiger partial charge in [0.25, 0.3) is 0 Å². The number of aryl methyl sites for hydroxylation is 2. The summed E-state index contributed by atoms with van der Waals surface area (Å²) in [6, 6.07) is 7.06. The van der Waals surface area contributed by atoms with E-state index in [0.29, 0.717) is 12.6 Å². The molecular formula is C13H22N2. The third kappa shape index (κ3) is 2.96. The minimum atomic E-state index is 0.436. The Morgan fingerprint density at radius 2 is 1.73 bits per heavy atom. The summed E-state index contributed by atoms with van der Waals surface area (Å²) in [5.74, 6) is 0. The Labute approximate surface area is 93.1 Å². The molecule has 1 aromatic rings. The van der Waals surface area contributed by atoms with Crippen LogP contribution in [-0.2, 0) is 0 Å². The van der Waals surface area contributed by atoms with Crippen molar-refractivity contribution in [2.24, 2.45) is 5.73 Å². The molecule has 0 saturated heterocycles. The molecule has 0 amide bonds. The molecule has 84 valence electrons. The molecule has 2 heteroatoms. The molecule has 1 atom stereocenters. The zero-order valence-corrected chi connectivity index (χ0v) is 10.2. The van der Waals surface area contributed by atoms with Crippen LogP contribution in [0, 0.1) is 13.8 Å². The van der Waals surface area contributed by atoms with Crippen molar-refractivity contribution < 1.29 is 0 Å². The van der Waals surface area contributed by atoms with Gasteiger partial charge in [-0.25, -0.2) is 0 Å². The summed E-state index contributed by atoms with van der Waals surface area (Å²) in [7, 11) is 2.12. The monoisotopic (exact) mass is 206 g/mol. The van der Waals surface area contributed by atoms with Gasteiger partial charge >= 0.3 is 0 Å². The van der Waals surface area contributed by atoms with Crippen molar-refractivity contribution in [3.63, 3.8) is 0 Å². The molecule has 0 aliphatic carbocycles. The Morgan fingerprint density at radius 1 is 1.20 bits per heavy atom. The van der Waals surface area contributed by atoms with E-state index in [2.05, 4.69) is 50.9 Å². The molecule has 15 heavy (non-hydrogen) atoms. The predicted octanol–water partition coefficient (Wildman–Crippen LogP) is 2.48. The third-order valence-electron chi connectivity index (χ3n) is 2.90. The number of rotatable bonds is 4. The topological polar surface area (TPSA) is 29.3 Å². The van der Waals surface area contributed by atoms with E-state index >= 15 is 0 Å². The Bertz CT molecular complexity index is 296. The highest BCUT2D eigenvalue weighted by molar-refractivity contribution is 5.51. The SMILES string of the molecule is CCC(CN)N(C)c1cc(C)cc(C)c1. The number of hydrogen-bond donors (Lipinski definition) is 1. The van der Waals surface area contributed by atoms with E-state index in [0.717, 1.165) is 6.42 Å². The first-order chi connectivity index (χ1) is 7.08. The normalized spacial score (nSPS) is 12.6.